The summed E-state index contributed by atoms with van der Waals surface area (Å²) >= 11 is 4.81. The number of hydrogen-bond donors (Lipinski definition) is 3. The highest BCUT2D eigenvalue weighted by atomic mass is 79.9. The van der Waals surface area contributed by atoms with E-state index < -0.39 is 6.10 Å². The molecule has 0 bridgehead atoms. The van der Waals surface area contributed by atoms with Crippen molar-refractivity contribution in [1.82, 2.24) is 9.97 Å². The molecule has 100 valence electrons. The molecule has 1 aromatic heterocycles. The smallest absolute Gasteiger partial charge is 0.196 e. The number of nitrogen functional groups attached to an aromatic ring is 2. The predicted molar refractivity (Wildman–Crippen MR) is 79.8 cm³/mol. The Morgan fingerprint density at radius 1 is 1.21 bits per heavy atom. The summed E-state index contributed by atoms with van der Waals surface area (Å²) in [6.45, 7) is 1.72. The summed E-state index contributed by atoms with van der Waals surface area (Å²) in [5.41, 5.74) is 12.1. The number of nitrogens with two attached hydrogens (primary N) is 2. The van der Waals surface area contributed by atoms with Gasteiger partial charge in [0, 0.05) is 15.4 Å². The number of aromatic nitrogens is 2. The fraction of sp³-hybridized carbons (Fsp3) is 0.167. The van der Waals surface area contributed by atoms with Crippen LogP contribution in [0.25, 0.3) is 0 Å². The minimum Gasteiger partial charge on any atom is -0.389 e. The van der Waals surface area contributed by atoms with Gasteiger partial charge < -0.3 is 16.6 Å². The number of halogens is 1. The van der Waals surface area contributed by atoms with Gasteiger partial charge in [-0.3, -0.25) is 0 Å². The highest BCUT2D eigenvalue weighted by Gasteiger charge is 2.09. The van der Waals surface area contributed by atoms with Crippen LogP contribution in [-0.4, -0.2) is 15.1 Å². The zero-order valence-corrected chi connectivity index (χ0v) is 12.6. The largest absolute Gasteiger partial charge is 0.389 e. The van der Waals surface area contributed by atoms with Gasteiger partial charge in [-0.15, -0.1) is 0 Å². The second-order valence-electron chi connectivity index (χ2n) is 3.97. The Hall–Kier alpha value is -1.31. The van der Waals surface area contributed by atoms with E-state index in [0.29, 0.717) is 16.8 Å². The van der Waals surface area contributed by atoms with Crippen LogP contribution in [0.1, 0.15) is 18.6 Å². The SMILES string of the molecule is C[C@H](O)c1ccc(Sc2nc(N)cc(N)n2)c(Br)c1. The second-order valence-corrected chi connectivity index (χ2v) is 5.83. The van der Waals surface area contributed by atoms with Crippen LogP contribution in [0, 0.1) is 0 Å². The Kier molecular flexibility index (Phi) is 4.28. The fourth-order valence-corrected chi connectivity index (χ4v) is 2.90. The number of hydrogen-bond acceptors (Lipinski definition) is 6. The molecule has 2 aromatic rings. The van der Waals surface area contributed by atoms with Gasteiger partial charge in [-0.1, -0.05) is 6.07 Å². The summed E-state index contributed by atoms with van der Waals surface area (Å²) in [4.78, 5) is 9.14. The highest BCUT2D eigenvalue weighted by molar-refractivity contribution is 9.10. The molecular formula is C12H13BrN4OS. The molecule has 0 aliphatic heterocycles. The summed E-state index contributed by atoms with van der Waals surface area (Å²) in [6, 6.07) is 7.12. The van der Waals surface area contributed by atoms with Gasteiger partial charge in [0.05, 0.1) is 6.10 Å². The van der Waals surface area contributed by atoms with E-state index in [1.165, 1.54) is 17.8 Å². The van der Waals surface area contributed by atoms with Crippen molar-refractivity contribution in [2.45, 2.75) is 23.1 Å². The lowest BCUT2D eigenvalue weighted by atomic mass is 10.1. The van der Waals surface area contributed by atoms with Gasteiger partial charge in [-0.25, -0.2) is 9.97 Å². The third kappa shape index (κ3) is 3.59. The molecule has 0 spiro atoms. The number of aliphatic hydroxyl groups excluding tert-OH is 1. The van der Waals surface area contributed by atoms with Crippen LogP contribution in [0.2, 0.25) is 0 Å². The molecule has 2 rings (SSSR count). The summed E-state index contributed by atoms with van der Waals surface area (Å²) in [6.07, 6.45) is -0.505. The molecule has 19 heavy (non-hydrogen) atoms. The van der Waals surface area contributed by atoms with Crippen molar-refractivity contribution in [3.05, 3.63) is 34.3 Å². The van der Waals surface area contributed by atoms with Crippen LogP contribution < -0.4 is 11.5 Å². The lowest BCUT2D eigenvalue weighted by molar-refractivity contribution is 0.199. The fourth-order valence-electron chi connectivity index (χ4n) is 1.47. The maximum atomic E-state index is 9.52. The topological polar surface area (TPSA) is 98.0 Å². The molecular weight excluding hydrogens is 328 g/mol. The Labute approximate surface area is 123 Å². The summed E-state index contributed by atoms with van der Waals surface area (Å²) in [5.74, 6) is 0.679. The van der Waals surface area contributed by atoms with Crippen molar-refractivity contribution in [2.24, 2.45) is 0 Å². The van der Waals surface area contributed by atoms with Crippen molar-refractivity contribution >= 4 is 39.3 Å². The lowest BCUT2D eigenvalue weighted by Gasteiger charge is -2.08. The summed E-state index contributed by atoms with van der Waals surface area (Å²) in [5, 5.41) is 10.0. The first-order valence-electron chi connectivity index (χ1n) is 5.51. The molecule has 5 N–H and O–H groups in total. The number of benzene rings is 1. The van der Waals surface area contributed by atoms with Crippen LogP contribution in [0.4, 0.5) is 11.6 Å². The van der Waals surface area contributed by atoms with Crippen LogP contribution in [0.5, 0.6) is 0 Å². The van der Waals surface area contributed by atoms with Gasteiger partial charge in [0.2, 0.25) is 0 Å². The van der Waals surface area contributed by atoms with Gasteiger partial charge in [0.1, 0.15) is 11.6 Å². The van der Waals surface area contributed by atoms with E-state index in [2.05, 4.69) is 25.9 Å². The molecule has 7 heteroatoms. The van der Waals surface area contributed by atoms with Crippen molar-refractivity contribution in [2.75, 3.05) is 11.5 Å². The zero-order valence-electron chi connectivity index (χ0n) is 10.2. The molecule has 0 amide bonds. The molecule has 1 aromatic carbocycles. The Bertz CT molecular complexity index is 586. The molecule has 1 heterocycles. The molecule has 0 saturated heterocycles. The van der Waals surface area contributed by atoms with Gasteiger partial charge in [0.25, 0.3) is 0 Å². The van der Waals surface area contributed by atoms with E-state index in [4.69, 9.17) is 11.5 Å². The van der Waals surface area contributed by atoms with Crippen LogP contribution in [0.15, 0.2) is 38.8 Å². The van der Waals surface area contributed by atoms with Crippen LogP contribution >= 0.6 is 27.7 Å². The highest BCUT2D eigenvalue weighted by Crippen LogP contribution is 2.33. The molecule has 0 fully saturated rings. The van der Waals surface area contributed by atoms with Crippen molar-refractivity contribution < 1.29 is 5.11 Å². The molecule has 5 nitrogen and oxygen atoms in total. The Morgan fingerprint density at radius 3 is 2.37 bits per heavy atom. The normalized spacial score (nSPS) is 12.4. The van der Waals surface area contributed by atoms with E-state index in [1.807, 2.05) is 18.2 Å². The van der Waals surface area contributed by atoms with E-state index in [1.54, 1.807) is 6.92 Å². The molecule has 0 aliphatic rings. The van der Waals surface area contributed by atoms with E-state index in [0.717, 1.165) is 14.9 Å². The van der Waals surface area contributed by atoms with Crippen molar-refractivity contribution in [3.63, 3.8) is 0 Å². The Balaban J connectivity index is 2.28. The number of rotatable bonds is 3. The first kappa shape index (κ1) is 14.1. The number of nitrogens with zero attached hydrogens (tertiary/aromatic N) is 2. The summed E-state index contributed by atoms with van der Waals surface area (Å²) < 4.78 is 0.862. The number of anilines is 2. The van der Waals surface area contributed by atoms with Crippen LogP contribution in [-0.2, 0) is 0 Å². The maximum absolute atomic E-state index is 9.52. The van der Waals surface area contributed by atoms with Gasteiger partial charge in [0.15, 0.2) is 5.16 Å². The number of aliphatic hydroxyl groups is 1. The lowest BCUT2D eigenvalue weighted by Crippen LogP contribution is -1.99. The standard InChI is InChI=1S/C12H13BrN4OS/c1-6(18)7-2-3-9(8(13)4-7)19-12-16-10(14)5-11(15)17-12/h2-6,18H,1H3,(H4,14,15,16,17)/t6-/m0/s1. The third-order valence-corrected chi connectivity index (χ3v) is 4.24. The van der Waals surface area contributed by atoms with Crippen LogP contribution in [0.3, 0.4) is 0 Å². The van der Waals surface area contributed by atoms with E-state index >= 15 is 0 Å². The average molecular weight is 341 g/mol. The molecule has 1 atom stereocenters. The predicted octanol–water partition coefficient (Wildman–Crippen LogP) is 2.61. The van der Waals surface area contributed by atoms with Crippen molar-refractivity contribution in [1.29, 1.82) is 0 Å². The first-order valence-corrected chi connectivity index (χ1v) is 7.12. The average Bonchev–Trinajstić information content (AvgIpc) is 2.30. The molecule has 0 saturated carbocycles. The van der Waals surface area contributed by atoms with Gasteiger partial charge >= 0.3 is 0 Å². The minimum atomic E-state index is -0.505. The quantitative estimate of drug-likeness (QED) is 0.743. The van der Waals surface area contributed by atoms with Gasteiger partial charge in [-0.05, 0) is 52.3 Å². The minimum absolute atomic E-state index is 0.340. The monoisotopic (exact) mass is 340 g/mol. The first-order chi connectivity index (χ1) is 8.95. The van der Waals surface area contributed by atoms with Crippen molar-refractivity contribution in [3.8, 4) is 0 Å². The molecule has 0 aliphatic carbocycles. The summed E-state index contributed by atoms with van der Waals surface area (Å²) in [7, 11) is 0. The zero-order chi connectivity index (χ0) is 14.0. The maximum Gasteiger partial charge on any atom is 0.196 e. The Morgan fingerprint density at radius 2 is 1.84 bits per heavy atom. The molecule has 0 unspecified atom stereocenters. The van der Waals surface area contributed by atoms with Gasteiger partial charge in [-0.2, -0.15) is 0 Å². The third-order valence-electron chi connectivity index (χ3n) is 2.38. The van der Waals surface area contributed by atoms with E-state index in [9.17, 15) is 5.11 Å². The van der Waals surface area contributed by atoms with E-state index in [-0.39, 0.29) is 0 Å². The second kappa shape index (κ2) is 5.77. The molecule has 0 radical (unpaired) electrons.